The molecule has 9 atom stereocenters. The Balaban J connectivity index is 1.37. The summed E-state index contributed by atoms with van der Waals surface area (Å²) in [6.45, 7) is 9.00. The van der Waals surface area contributed by atoms with E-state index in [4.69, 9.17) is 18.9 Å². The number of methoxy groups -OCH3 is 1. The van der Waals surface area contributed by atoms with E-state index >= 15 is 0 Å². The average molecular weight is 423 g/mol. The number of hydrogen-bond acceptors (Lipinski definition) is 5. The van der Waals surface area contributed by atoms with E-state index in [0.29, 0.717) is 30.5 Å². The van der Waals surface area contributed by atoms with E-state index < -0.39 is 5.79 Å². The molecule has 0 aromatic carbocycles. The van der Waals surface area contributed by atoms with Gasteiger partial charge >= 0.3 is 0 Å². The van der Waals surface area contributed by atoms with Crippen LogP contribution in [-0.4, -0.2) is 50.2 Å². The molecule has 1 aliphatic heterocycles. The van der Waals surface area contributed by atoms with Gasteiger partial charge in [0.2, 0.25) is 0 Å². The summed E-state index contributed by atoms with van der Waals surface area (Å²) in [5, 5.41) is 11.3. The van der Waals surface area contributed by atoms with Crippen molar-refractivity contribution in [3.05, 3.63) is 0 Å². The number of fused-ring (bicyclic) bond motifs is 5. The summed E-state index contributed by atoms with van der Waals surface area (Å²) < 4.78 is 23.3. The molecule has 0 aromatic heterocycles. The maximum Gasteiger partial charge on any atom is 0.169 e. The standard InChI is InChI=1S/C25H42O5/c1-23-9-7-16(28-15-27-4)13-20(23)21(26)14-17-18-5-6-22(25(3)29-11-12-30-25)24(18,2)10-8-19(17)23/h16-22,26H,5-15H2,1-4H3/t16-,17-,18-,19-,20+,21-,22-,23+,24-/m0/s1. The van der Waals surface area contributed by atoms with Gasteiger partial charge < -0.3 is 24.1 Å². The fourth-order valence-corrected chi connectivity index (χ4v) is 9.17. The minimum absolute atomic E-state index is 0.207. The zero-order valence-corrected chi connectivity index (χ0v) is 19.4. The van der Waals surface area contributed by atoms with Gasteiger partial charge in [0.25, 0.3) is 0 Å². The van der Waals surface area contributed by atoms with Crippen molar-refractivity contribution in [1.82, 2.24) is 0 Å². The first-order valence-corrected chi connectivity index (χ1v) is 12.4. The number of aliphatic hydroxyl groups excluding tert-OH is 1. The Kier molecular flexibility index (Phi) is 5.55. The smallest absolute Gasteiger partial charge is 0.169 e. The lowest BCUT2D eigenvalue weighted by Gasteiger charge is -2.62. The molecule has 1 heterocycles. The zero-order chi connectivity index (χ0) is 21.1. The van der Waals surface area contributed by atoms with Crippen molar-refractivity contribution in [3.63, 3.8) is 0 Å². The Morgan fingerprint density at radius 2 is 1.57 bits per heavy atom. The van der Waals surface area contributed by atoms with E-state index in [1.54, 1.807) is 7.11 Å². The highest BCUT2D eigenvalue weighted by molar-refractivity contribution is 5.12. The molecule has 0 aromatic rings. The van der Waals surface area contributed by atoms with Gasteiger partial charge in [-0.15, -0.1) is 0 Å². The highest BCUT2D eigenvalue weighted by atomic mass is 16.7. The highest BCUT2D eigenvalue weighted by Gasteiger charge is 2.65. The van der Waals surface area contributed by atoms with Crippen molar-refractivity contribution in [3.8, 4) is 0 Å². The number of aliphatic hydroxyl groups is 1. The number of hydrogen-bond donors (Lipinski definition) is 1. The molecular formula is C25H42O5. The van der Waals surface area contributed by atoms with E-state index in [-0.39, 0.29) is 23.0 Å². The second-order valence-electron chi connectivity index (χ2n) is 11.6. The molecule has 1 saturated heterocycles. The summed E-state index contributed by atoms with van der Waals surface area (Å²) in [5.41, 5.74) is 0.501. The molecule has 0 radical (unpaired) electrons. The first kappa shape index (κ1) is 21.6. The fraction of sp³-hybridized carbons (Fsp3) is 1.00. The normalized spacial score (nSPS) is 52.5. The lowest BCUT2D eigenvalue weighted by Crippen LogP contribution is -2.59. The van der Waals surface area contributed by atoms with Crippen molar-refractivity contribution in [2.24, 2.45) is 40.4 Å². The largest absolute Gasteiger partial charge is 0.393 e. The van der Waals surface area contributed by atoms with E-state index in [9.17, 15) is 5.11 Å². The van der Waals surface area contributed by atoms with Crippen molar-refractivity contribution in [1.29, 1.82) is 0 Å². The second kappa shape index (κ2) is 7.69. The van der Waals surface area contributed by atoms with Crippen LogP contribution >= 0.6 is 0 Å². The summed E-state index contributed by atoms with van der Waals surface area (Å²) in [4.78, 5) is 0. The van der Waals surface area contributed by atoms with Gasteiger partial charge in [0.1, 0.15) is 6.79 Å². The van der Waals surface area contributed by atoms with E-state index in [1.807, 2.05) is 0 Å². The van der Waals surface area contributed by atoms with Gasteiger partial charge in [0.05, 0.1) is 25.4 Å². The Labute approximate surface area is 182 Å². The minimum atomic E-state index is -0.410. The van der Waals surface area contributed by atoms with Crippen molar-refractivity contribution in [2.75, 3.05) is 27.1 Å². The van der Waals surface area contributed by atoms with Crippen LogP contribution in [0, 0.1) is 40.4 Å². The first-order valence-electron chi connectivity index (χ1n) is 12.4. The lowest BCUT2D eigenvalue weighted by atomic mass is 9.44. The van der Waals surface area contributed by atoms with E-state index in [1.165, 1.54) is 32.1 Å². The Morgan fingerprint density at radius 1 is 0.867 bits per heavy atom. The first-order chi connectivity index (χ1) is 14.3. The minimum Gasteiger partial charge on any atom is -0.393 e. The van der Waals surface area contributed by atoms with E-state index in [0.717, 1.165) is 38.4 Å². The van der Waals surface area contributed by atoms with Gasteiger partial charge in [0, 0.05) is 13.0 Å². The summed E-state index contributed by atoms with van der Waals surface area (Å²) in [6, 6.07) is 0. The predicted octanol–water partition coefficient (Wildman–Crippen LogP) is 4.37. The molecule has 0 spiro atoms. The van der Waals surface area contributed by atoms with Crippen molar-refractivity contribution in [2.45, 2.75) is 90.1 Å². The summed E-state index contributed by atoms with van der Waals surface area (Å²) in [6.07, 6.45) is 9.25. The van der Waals surface area contributed by atoms with Crippen LogP contribution in [0.1, 0.15) is 72.1 Å². The predicted molar refractivity (Wildman–Crippen MR) is 114 cm³/mol. The SMILES string of the molecule is COCO[C@H]1CC[C@@]2(C)[C@H](C1)[C@@H](O)C[C@@H]1[C@@H]2CC[C@]2(C)[C@@H](C3(C)OCCO3)CC[C@@H]12. The molecular weight excluding hydrogens is 380 g/mol. The number of rotatable bonds is 4. The molecule has 5 rings (SSSR count). The maximum absolute atomic E-state index is 11.3. The van der Waals surface area contributed by atoms with E-state index in [2.05, 4.69) is 20.8 Å². The number of ether oxygens (including phenoxy) is 4. The van der Waals surface area contributed by atoms with Gasteiger partial charge in [-0.3, -0.25) is 0 Å². The second-order valence-corrected chi connectivity index (χ2v) is 11.6. The zero-order valence-electron chi connectivity index (χ0n) is 19.4. The molecule has 30 heavy (non-hydrogen) atoms. The third-order valence-corrected chi connectivity index (χ3v) is 10.5. The molecule has 5 fully saturated rings. The molecule has 5 heteroatoms. The summed E-state index contributed by atoms with van der Waals surface area (Å²) in [5.74, 6) is 2.46. The molecule has 5 nitrogen and oxygen atoms in total. The molecule has 0 bridgehead atoms. The van der Waals surface area contributed by atoms with Gasteiger partial charge in [-0.1, -0.05) is 13.8 Å². The van der Waals surface area contributed by atoms with Crippen LogP contribution < -0.4 is 0 Å². The quantitative estimate of drug-likeness (QED) is 0.682. The molecule has 1 N–H and O–H groups in total. The Morgan fingerprint density at radius 3 is 2.30 bits per heavy atom. The van der Waals surface area contributed by atoms with Gasteiger partial charge in [-0.25, -0.2) is 0 Å². The Bertz CT molecular complexity index is 633. The van der Waals surface area contributed by atoms with Crippen LogP contribution in [0.2, 0.25) is 0 Å². The summed E-state index contributed by atoms with van der Waals surface area (Å²) >= 11 is 0. The molecule has 4 aliphatic carbocycles. The van der Waals surface area contributed by atoms with Crippen LogP contribution in [0.4, 0.5) is 0 Å². The van der Waals surface area contributed by atoms with Crippen LogP contribution in [0.25, 0.3) is 0 Å². The lowest BCUT2D eigenvalue weighted by molar-refractivity contribution is -0.226. The van der Waals surface area contributed by atoms with Gasteiger partial charge in [-0.05, 0) is 92.8 Å². The molecule has 172 valence electrons. The van der Waals surface area contributed by atoms with Crippen LogP contribution in [0.3, 0.4) is 0 Å². The highest BCUT2D eigenvalue weighted by Crippen LogP contribution is 2.69. The Hall–Kier alpha value is -0.200. The molecule has 0 amide bonds. The molecule has 4 saturated carbocycles. The van der Waals surface area contributed by atoms with Gasteiger partial charge in [0.15, 0.2) is 5.79 Å². The van der Waals surface area contributed by atoms with Crippen LogP contribution in [0.5, 0.6) is 0 Å². The fourth-order valence-electron chi connectivity index (χ4n) is 9.17. The molecule has 0 unspecified atom stereocenters. The monoisotopic (exact) mass is 422 g/mol. The molecule has 5 aliphatic rings. The van der Waals surface area contributed by atoms with Crippen LogP contribution in [-0.2, 0) is 18.9 Å². The topological polar surface area (TPSA) is 57.2 Å². The third kappa shape index (κ3) is 3.14. The summed E-state index contributed by atoms with van der Waals surface area (Å²) in [7, 11) is 1.68. The third-order valence-electron chi connectivity index (χ3n) is 10.5. The van der Waals surface area contributed by atoms with Crippen LogP contribution in [0.15, 0.2) is 0 Å². The van der Waals surface area contributed by atoms with Gasteiger partial charge in [-0.2, -0.15) is 0 Å². The maximum atomic E-state index is 11.3. The van der Waals surface area contributed by atoms with Crippen molar-refractivity contribution < 1.29 is 24.1 Å². The van der Waals surface area contributed by atoms with Crippen molar-refractivity contribution >= 4 is 0 Å². The average Bonchev–Trinajstić information content (AvgIpc) is 3.31.